The van der Waals surface area contributed by atoms with Gasteiger partial charge in [-0.2, -0.15) is 0 Å². The summed E-state index contributed by atoms with van der Waals surface area (Å²) in [6.07, 6.45) is 3.46. The smallest absolute Gasteiger partial charge is 0.159 e. The van der Waals surface area contributed by atoms with Gasteiger partial charge in [-0.1, -0.05) is 0 Å². The van der Waals surface area contributed by atoms with E-state index in [2.05, 4.69) is 14.5 Å². The number of fused-ring (bicyclic) bond motifs is 1. The molecule has 0 saturated heterocycles. The molecule has 0 bridgehead atoms. The summed E-state index contributed by atoms with van der Waals surface area (Å²) < 4.78 is 12.6. The lowest BCUT2D eigenvalue weighted by Crippen LogP contribution is -2.09. The summed E-state index contributed by atoms with van der Waals surface area (Å²) in [6.45, 7) is 2.81. The number of aromatic nitrogens is 3. The Morgan fingerprint density at radius 1 is 1.30 bits per heavy atom. The van der Waals surface area contributed by atoms with Crippen LogP contribution in [0.4, 0.5) is 0 Å². The average molecular weight is 298 g/mol. The number of aryl methyl sites for hydroxylation is 2. The topological polar surface area (TPSA) is 49.2 Å². The van der Waals surface area contributed by atoms with E-state index in [1.165, 1.54) is 0 Å². The number of halogens is 1. The van der Waals surface area contributed by atoms with Gasteiger partial charge in [-0.15, -0.1) is 11.6 Å². The fraction of sp³-hybridized carbons (Fsp3) is 0.571. The molecule has 0 radical (unpaired) electrons. The highest BCUT2D eigenvalue weighted by Crippen LogP contribution is 2.15. The summed E-state index contributed by atoms with van der Waals surface area (Å²) in [4.78, 5) is 8.99. The van der Waals surface area contributed by atoms with E-state index in [-0.39, 0.29) is 0 Å². The van der Waals surface area contributed by atoms with Crippen molar-refractivity contribution in [1.29, 1.82) is 0 Å². The van der Waals surface area contributed by atoms with Crippen LogP contribution < -0.4 is 0 Å². The Kier molecular flexibility index (Phi) is 6.24. The summed E-state index contributed by atoms with van der Waals surface area (Å²) in [7, 11) is 1.67. The molecule has 0 atom stereocenters. The van der Waals surface area contributed by atoms with Gasteiger partial charge in [0.2, 0.25) is 0 Å². The van der Waals surface area contributed by atoms with Crippen LogP contribution in [0.15, 0.2) is 18.3 Å². The van der Waals surface area contributed by atoms with Gasteiger partial charge in [0.05, 0.1) is 13.2 Å². The molecule has 0 aliphatic rings. The normalized spacial score (nSPS) is 11.3. The number of pyridine rings is 1. The van der Waals surface area contributed by atoms with Crippen molar-refractivity contribution >= 4 is 22.8 Å². The maximum Gasteiger partial charge on any atom is 0.159 e. The van der Waals surface area contributed by atoms with E-state index in [0.717, 1.165) is 36.4 Å². The average Bonchev–Trinajstić information content (AvgIpc) is 2.81. The van der Waals surface area contributed by atoms with Gasteiger partial charge in [0.1, 0.15) is 11.3 Å². The summed E-state index contributed by atoms with van der Waals surface area (Å²) in [5.74, 6) is 1.55. The van der Waals surface area contributed by atoms with Crippen molar-refractivity contribution in [2.45, 2.75) is 19.4 Å². The summed E-state index contributed by atoms with van der Waals surface area (Å²) in [5, 5.41) is 0. The Balaban J connectivity index is 1.98. The second-order valence-electron chi connectivity index (χ2n) is 4.42. The molecule has 2 rings (SSSR count). The first-order valence-corrected chi connectivity index (χ1v) is 7.33. The third-order valence-corrected chi connectivity index (χ3v) is 3.19. The zero-order valence-corrected chi connectivity index (χ0v) is 12.5. The molecule has 0 aliphatic heterocycles. The molecule has 2 aromatic heterocycles. The number of ether oxygens (including phenoxy) is 2. The molecule has 110 valence electrons. The van der Waals surface area contributed by atoms with Crippen molar-refractivity contribution in [2.24, 2.45) is 0 Å². The number of alkyl halides is 1. The van der Waals surface area contributed by atoms with E-state index in [1.807, 2.05) is 12.1 Å². The Bertz CT molecular complexity index is 530. The third-order valence-electron chi connectivity index (χ3n) is 3.00. The van der Waals surface area contributed by atoms with Gasteiger partial charge in [-0.3, -0.25) is 0 Å². The van der Waals surface area contributed by atoms with Gasteiger partial charge in [-0.05, 0) is 18.6 Å². The third kappa shape index (κ3) is 3.91. The molecule has 0 fully saturated rings. The lowest BCUT2D eigenvalue weighted by molar-refractivity contribution is 0.0680. The predicted molar refractivity (Wildman–Crippen MR) is 79.3 cm³/mol. The van der Waals surface area contributed by atoms with Gasteiger partial charge in [0, 0.05) is 38.8 Å². The number of hydrogen-bond donors (Lipinski definition) is 0. The minimum absolute atomic E-state index is 0.563. The number of rotatable bonds is 9. The van der Waals surface area contributed by atoms with Gasteiger partial charge < -0.3 is 14.0 Å². The maximum absolute atomic E-state index is 5.84. The van der Waals surface area contributed by atoms with Crippen LogP contribution in [0.2, 0.25) is 0 Å². The molecule has 2 aromatic rings. The molecule has 5 nitrogen and oxygen atoms in total. The summed E-state index contributed by atoms with van der Waals surface area (Å²) in [6, 6.07) is 3.88. The first-order valence-electron chi connectivity index (χ1n) is 6.79. The predicted octanol–water partition coefficient (Wildman–Crippen LogP) is 2.27. The van der Waals surface area contributed by atoms with Crippen LogP contribution in [0.5, 0.6) is 0 Å². The molecule has 0 saturated carbocycles. The summed E-state index contributed by atoms with van der Waals surface area (Å²) in [5.41, 5.74) is 1.84. The molecule has 0 aliphatic carbocycles. The second-order valence-corrected chi connectivity index (χ2v) is 4.80. The van der Waals surface area contributed by atoms with Crippen molar-refractivity contribution in [3.63, 3.8) is 0 Å². The highest BCUT2D eigenvalue weighted by atomic mass is 35.5. The molecule has 0 spiro atoms. The van der Waals surface area contributed by atoms with Gasteiger partial charge in [-0.25, -0.2) is 9.97 Å². The quantitative estimate of drug-likeness (QED) is 0.526. The molecular formula is C14H20ClN3O2. The van der Waals surface area contributed by atoms with E-state index in [4.69, 9.17) is 21.1 Å². The highest BCUT2D eigenvalue weighted by Gasteiger charge is 2.10. The maximum atomic E-state index is 5.84. The number of imidazole rings is 1. The van der Waals surface area contributed by atoms with Crippen LogP contribution in [-0.2, 0) is 22.4 Å². The molecule has 2 heterocycles. The number of nitrogens with zero attached hydrogens (tertiary/aromatic N) is 3. The van der Waals surface area contributed by atoms with E-state index < -0.39 is 0 Å². The minimum Gasteiger partial charge on any atom is -0.382 e. The van der Waals surface area contributed by atoms with Crippen LogP contribution in [0.25, 0.3) is 11.2 Å². The first-order chi connectivity index (χ1) is 9.86. The Hall–Kier alpha value is -1.17. The lowest BCUT2D eigenvalue weighted by Gasteiger charge is -2.08. The van der Waals surface area contributed by atoms with Crippen molar-refractivity contribution in [2.75, 3.05) is 32.8 Å². The Morgan fingerprint density at radius 2 is 2.20 bits per heavy atom. The van der Waals surface area contributed by atoms with Crippen LogP contribution in [-0.4, -0.2) is 47.3 Å². The van der Waals surface area contributed by atoms with Crippen LogP contribution in [0, 0.1) is 0 Å². The van der Waals surface area contributed by atoms with Crippen molar-refractivity contribution in [3.05, 3.63) is 24.2 Å². The van der Waals surface area contributed by atoms with Gasteiger partial charge in [0.25, 0.3) is 0 Å². The zero-order valence-electron chi connectivity index (χ0n) is 11.7. The molecule has 0 aromatic carbocycles. The van der Waals surface area contributed by atoms with Gasteiger partial charge in [0.15, 0.2) is 5.65 Å². The zero-order chi connectivity index (χ0) is 14.2. The number of hydrogen-bond acceptors (Lipinski definition) is 4. The number of methoxy groups -OCH3 is 1. The highest BCUT2D eigenvalue weighted by molar-refractivity contribution is 6.17. The SMILES string of the molecule is COCCOCCCn1c(CCCl)nc2cccnc21. The minimum atomic E-state index is 0.563. The van der Waals surface area contributed by atoms with Crippen LogP contribution in [0.3, 0.4) is 0 Å². The molecular weight excluding hydrogens is 278 g/mol. The largest absolute Gasteiger partial charge is 0.382 e. The van der Waals surface area contributed by atoms with E-state index >= 15 is 0 Å². The van der Waals surface area contributed by atoms with Crippen molar-refractivity contribution < 1.29 is 9.47 Å². The fourth-order valence-corrected chi connectivity index (χ4v) is 2.25. The van der Waals surface area contributed by atoms with Crippen molar-refractivity contribution in [3.8, 4) is 0 Å². The second kappa shape index (κ2) is 8.19. The van der Waals surface area contributed by atoms with E-state index in [1.54, 1.807) is 13.3 Å². The monoisotopic (exact) mass is 297 g/mol. The van der Waals surface area contributed by atoms with Crippen LogP contribution in [0.1, 0.15) is 12.2 Å². The molecule has 0 amide bonds. The molecule has 6 heteroatoms. The Labute approximate surface area is 123 Å². The lowest BCUT2D eigenvalue weighted by atomic mass is 10.4. The first kappa shape index (κ1) is 15.2. The fourth-order valence-electron chi connectivity index (χ4n) is 2.08. The van der Waals surface area contributed by atoms with E-state index in [0.29, 0.717) is 25.7 Å². The molecule has 0 unspecified atom stereocenters. The van der Waals surface area contributed by atoms with Gasteiger partial charge >= 0.3 is 0 Å². The molecule has 20 heavy (non-hydrogen) atoms. The summed E-state index contributed by atoms with van der Waals surface area (Å²) >= 11 is 5.84. The standard InChI is InChI=1S/C14H20ClN3O2/c1-19-10-11-20-9-3-8-18-13(5-6-15)17-12-4-2-7-16-14(12)18/h2,4,7H,3,5-6,8-11H2,1H3. The Morgan fingerprint density at radius 3 is 3.00 bits per heavy atom. The molecule has 0 N–H and O–H groups in total. The van der Waals surface area contributed by atoms with Crippen molar-refractivity contribution in [1.82, 2.24) is 14.5 Å². The van der Waals surface area contributed by atoms with Crippen LogP contribution >= 0.6 is 11.6 Å². The van der Waals surface area contributed by atoms with E-state index in [9.17, 15) is 0 Å².